The van der Waals surface area contributed by atoms with Crippen LogP contribution in [0.25, 0.3) is 0 Å². The van der Waals surface area contributed by atoms with Gasteiger partial charge >= 0.3 is 0 Å². The van der Waals surface area contributed by atoms with E-state index in [1.165, 1.54) is 193 Å². The number of carbonyl (C=O) groups is 1. The molecule has 0 aliphatic heterocycles. The van der Waals surface area contributed by atoms with E-state index < -0.39 is 12.1 Å². The highest BCUT2D eigenvalue weighted by molar-refractivity contribution is 5.76. The Balaban J connectivity index is 3.56. The summed E-state index contributed by atoms with van der Waals surface area (Å²) in [5.41, 5.74) is 0. The lowest BCUT2D eigenvalue weighted by Crippen LogP contribution is -2.45. The lowest BCUT2D eigenvalue weighted by molar-refractivity contribution is -0.123. The molecule has 306 valence electrons. The molecule has 0 saturated heterocycles. The van der Waals surface area contributed by atoms with E-state index in [9.17, 15) is 15.0 Å². The number of aliphatic hydroxyl groups excluding tert-OH is 2. The van der Waals surface area contributed by atoms with Gasteiger partial charge < -0.3 is 15.5 Å². The lowest BCUT2D eigenvalue weighted by atomic mass is 10.0. The van der Waals surface area contributed by atoms with Crippen LogP contribution in [-0.4, -0.2) is 34.9 Å². The Labute approximate surface area is 325 Å². The van der Waals surface area contributed by atoms with Crippen LogP contribution >= 0.6 is 0 Å². The highest BCUT2D eigenvalue weighted by Crippen LogP contribution is 2.16. The normalized spacial score (nSPS) is 13.2. The molecule has 0 bridgehead atoms. The number of aliphatic hydroxyl groups is 2. The predicted molar refractivity (Wildman–Crippen MR) is 230 cm³/mol. The monoisotopic (exact) mass is 730 g/mol. The van der Waals surface area contributed by atoms with Gasteiger partial charge in [-0.05, 0) is 51.4 Å². The zero-order valence-corrected chi connectivity index (χ0v) is 35.1. The van der Waals surface area contributed by atoms with Gasteiger partial charge in [0.15, 0.2) is 0 Å². The molecule has 0 aromatic heterocycles. The molecule has 0 radical (unpaired) electrons. The molecule has 3 N–H and O–H groups in total. The zero-order valence-electron chi connectivity index (χ0n) is 35.1. The van der Waals surface area contributed by atoms with Crippen molar-refractivity contribution in [3.63, 3.8) is 0 Å². The standard InChI is InChI=1S/C48H91NO3/c1-3-5-7-9-11-13-15-17-19-21-23-24-25-26-27-29-31-33-35-37-39-41-43-47(51)46(45-50)49-48(52)44-42-40-38-36-34-32-30-28-22-20-18-16-14-12-10-8-6-4-2/h14,16,20,22,41,43,46-47,50-51H,3-13,15,17-19,21,23-40,42,44-45H2,1-2H3,(H,49,52)/b16-14-,22-20-,43-41+. The minimum Gasteiger partial charge on any atom is -0.394 e. The maximum absolute atomic E-state index is 12.4. The van der Waals surface area contributed by atoms with Crippen molar-refractivity contribution in [3.8, 4) is 0 Å². The van der Waals surface area contributed by atoms with Crippen LogP contribution in [-0.2, 0) is 4.79 Å². The van der Waals surface area contributed by atoms with Crippen LogP contribution in [0.1, 0.15) is 245 Å². The van der Waals surface area contributed by atoms with Crippen LogP contribution in [0.3, 0.4) is 0 Å². The van der Waals surface area contributed by atoms with Crippen molar-refractivity contribution in [3.05, 3.63) is 36.5 Å². The third kappa shape index (κ3) is 39.8. The third-order valence-corrected chi connectivity index (χ3v) is 10.6. The minimum absolute atomic E-state index is 0.0706. The highest BCUT2D eigenvalue weighted by atomic mass is 16.3. The summed E-state index contributed by atoms with van der Waals surface area (Å²) >= 11 is 0. The Bertz CT molecular complexity index is 790. The predicted octanol–water partition coefficient (Wildman–Crippen LogP) is 14.6. The number of unbranched alkanes of at least 4 members (excludes halogenated alkanes) is 31. The number of hydrogen-bond acceptors (Lipinski definition) is 3. The van der Waals surface area contributed by atoms with Gasteiger partial charge in [-0.1, -0.05) is 224 Å². The van der Waals surface area contributed by atoms with E-state index in [0.29, 0.717) is 6.42 Å². The number of allylic oxidation sites excluding steroid dienone is 5. The molecule has 2 atom stereocenters. The summed E-state index contributed by atoms with van der Waals surface area (Å²) in [5.74, 6) is -0.0706. The van der Waals surface area contributed by atoms with Crippen molar-refractivity contribution in [2.45, 2.75) is 257 Å². The van der Waals surface area contributed by atoms with Crippen LogP contribution in [0.5, 0.6) is 0 Å². The van der Waals surface area contributed by atoms with E-state index in [-0.39, 0.29) is 12.5 Å². The first kappa shape index (κ1) is 50.6. The average Bonchev–Trinajstić information content (AvgIpc) is 3.15. The molecule has 0 fully saturated rings. The van der Waals surface area contributed by atoms with E-state index in [4.69, 9.17) is 0 Å². The Morgan fingerprint density at radius 3 is 1.17 bits per heavy atom. The van der Waals surface area contributed by atoms with Gasteiger partial charge in [0.05, 0.1) is 18.8 Å². The van der Waals surface area contributed by atoms with Gasteiger partial charge in [0.2, 0.25) is 5.91 Å². The van der Waals surface area contributed by atoms with Gasteiger partial charge in [0, 0.05) is 6.42 Å². The van der Waals surface area contributed by atoms with Crippen molar-refractivity contribution in [2.75, 3.05) is 6.61 Å². The molecule has 4 nitrogen and oxygen atoms in total. The maximum Gasteiger partial charge on any atom is 0.220 e. The van der Waals surface area contributed by atoms with Gasteiger partial charge in [0.1, 0.15) is 0 Å². The summed E-state index contributed by atoms with van der Waals surface area (Å²) in [7, 11) is 0. The fraction of sp³-hybridized carbons (Fsp3) is 0.854. The Hall–Kier alpha value is -1.39. The van der Waals surface area contributed by atoms with E-state index >= 15 is 0 Å². The Kier molecular flexibility index (Phi) is 42.8. The molecule has 4 heteroatoms. The van der Waals surface area contributed by atoms with Crippen molar-refractivity contribution in [2.24, 2.45) is 0 Å². The van der Waals surface area contributed by atoms with Crippen molar-refractivity contribution in [1.82, 2.24) is 5.32 Å². The quantitative estimate of drug-likeness (QED) is 0.0433. The Morgan fingerprint density at radius 1 is 0.462 bits per heavy atom. The molecule has 0 aromatic rings. The Morgan fingerprint density at radius 2 is 0.788 bits per heavy atom. The molecule has 1 amide bonds. The first-order chi connectivity index (χ1) is 25.7. The third-order valence-electron chi connectivity index (χ3n) is 10.6. The molecular formula is C48H91NO3. The summed E-state index contributed by atoms with van der Waals surface area (Å²) in [4.78, 5) is 12.4. The summed E-state index contributed by atoms with van der Waals surface area (Å²) < 4.78 is 0. The van der Waals surface area contributed by atoms with Gasteiger partial charge in [-0.2, -0.15) is 0 Å². The summed E-state index contributed by atoms with van der Waals surface area (Å²) in [6.45, 7) is 4.30. The minimum atomic E-state index is -0.842. The molecule has 0 rings (SSSR count). The second-order valence-corrected chi connectivity index (χ2v) is 15.8. The van der Waals surface area contributed by atoms with E-state index in [1.807, 2.05) is 6.08 Å². The molecule has 0 heterocycles. The van der Waals surface area contributed by atoms with Crippen molar-refractivity contribution in [1.29, 1.82) is 0 Å². The molecule has 0 saturated carbocycles. The number of amides is 1. The van der Waals surface area contributed by atoms with Gasteiger partial charge in [-0.15, -0.1) is 0 Å². The van der Waals surface area contributed by atoms with Crippen molar-refractivity contribution >= 4 is 5.91 Å². The van der Waals surface area contributed by atoms with Gasteiger partial charge in [-0.3, -0.25) is 4.79 Å². The second-order valence-electron chi connectivity index (χ2n) is 15.8. The highest BCUT2D eigenvalue weighted by Gasteiger charge is 2.17. The molecule has 0 spiro atoms. The van der Waals surface area contributed by atoms with E-state index in [2.05, 4.69) is 43.5 Å². The molecular weight excluding hydrogens is 639 g/mol. The maximum atomic E-state index is 12.4. The lowest BCUT2D eigenvalue weighted by Gasteiger charge is -2.20. The fourth-order valence-corrected chi connectivity index (χ4v) is 7.03. The SMILES string of the molecule is CCCCCC/C=C\C/C=C\CCCCCCCCCC(=O)NC(CO)C(O)/C=C/CCCCCCCCCCCCCCCCCCCCCC. The molecule has 0 aliphatic carbocycles. The van der Waals surface area contributed by atoms with Crippen LogP contribution in [0.15, 0.2) is 36.5 Å². The zero-order chi connectivity index (χ0) is 37.8. The smallest absolute Gasteiger partial charge is 0.220 e. The van der Waals surface area contributed by atoms with Crippen LogP contribution in [0, 0.1) is 0 Å². The largest absolute Gasteiger partial charge is 0.394 e. The van der Waals surface area contributed by atoms with Crippen LogP contribution in [0.2, 0.25) is 0 Å². The van der Waals surface area contributed by atoms with Crippen LogP contribution in [0.4, 0.5) is 0 Å². The topological polar surface area (TPSA) is 69.6 Å². The first-order valence-corrected chi connectivity index (χ1v) is 23.2. The number of hydrogen-bond donors (Lipinski definition) is 3. The molecule has 52 heavy (non-hydrogen) atoms. The number of rotatable bonds is 42. The van der Waals surface area contributed by atoms with E-state index in [1.54, 1.807) is 6.08 Å². The average molecular weight is 730 g/mol. The van der Waals surface area contributed by atoms with E-state index in [0.717, 1.165) is 32.1 Å². The summed E-state index contributed by atoms with van der Waals surface area (Å²) in [6.07, 6.45) is 58.3. The van der Waals surface area contributed by atoms with Gasteiger partial charge in [-0.25, -0.2) is 0 Å². The number of carbonyl (C=O) groups excluding carboxylic acids is 1. The molecule has 0 aliphatic rings. The van der Waals surface area contributed by atoms with Crippen LogP contribution < -0.4 is 5.32 Å². The van der Waals surface area contributed by atoms with Crippen molar-refractivity contribution < 1.29 is 15.0 Å². The second kappa shape index (κ2) is 44.0. The van der Waals surface area contributed by atoms with Gasteiger partial charge in [0.25, 0.3) is 0 Å². The molecule has 2 unspecified atom stereocenters. The fourth-order valence-electron chi connectivity index (χ4n) is 7.03. The summed E-state index contributed by atoms with van der Waals surface area (Å²) in [5, 5.41) is 23.1. The first-order valence-electron chi connectivity index (χ1n) is 23.2. The summed E-state index contributed by atoms with van der Waals surface area (Å²) in [6, 6.07) is -0.626. The molecule has 0 aromatic carbocycles. The number of nitrogens with one attached hydrogen (secondary N) is 1.